The first-order valence-corrected chi connectivity index (χ1v) is 8.42. The van der Waals surface area contributed by atoms with E-state index in [1.165, 1.54) is 32.1 Å². The Morgan fingerprint density at radius 2 is 1.68 bits per heavy atom. The zero-order valence-electron chi connectivity index (χ0n) is 13.4. The van der Waals surface area contributed by atoms with Crippen molar-refractivity contribution < 1.29 is 0 Å². The average Bonchev–Trinajstić information content (AvgIpc) is 2.98. The molecule has 2 aliphatic carbocycles. The molecule has 2 bridgehead atoms. The molecule has 112 valence electrons. The molecule has 0 amide bonds. The van der Waals surface area contributed by atoms with Crippen LogP contribution < -0.4 is 11.5 Å². The highest BCUT2D eigenvalue weighted by Crippen LogP contribution is 2.72. The first-order valence-electron chi connectivity index (χ1n) is 8.42. The second-order valence-electron chi connectivity index (χ2n) is 7.46. The Morgan fingerprint density at radius 3 is 2.16 bits per heavy atom. The van der Waals surface area contributed by atoms with Crippen molar-refractivity contribution in [1.29, 1.82) is 0 Å². The van der Waals surface area contributed by atoms with Gasteiger partial charge < -0.3 is 11.5 Å². The third-order valence-corrected chi connectivity index (χ3v) is 7.25. The lowest BCUT2D eigenvalue weighted by molar-refractivity contribution is -0.0755. The Balaban J connectivity index is 2.48. The Morgan fingerprint density at radius 1 is 1.05 bits per heavy atom. The van der Waals surface area contributed by atoms with Gasteiger partial charge >= 0.3 is 0 Å². The molecule has 0 aromatic heterocycles. The molecule has 2 rings (SSSR count). The maximum absolute atomic E-state index is 6.39. The smallest absolute Gasteiger partial charge is 0.00123 e. The lowest BCUT2D eigenvalue weighted by atomic mass is 9.48. The van der Waals surface area contributed by atoms with Gasteiger partial charge in [0.1, 0.15) is 0 Å². The first kappa shape index (κ1) is 15.3. The predicted molar refractivity (Wildman–Crippen MR) is 82.7 cm³/mol. The zero-order chi connectivity index (χ0) is 14.3. The summed E-state index contributed by atoms with van der Waals surface area (Å²) in [6, 6.07) is 0. The van der Waals surface area contributed by atoms with Crippen LogP contribution in [-0.2, 0) is 0 Å². The van der Waals surface area contributed by atoms with Gasteiger partial charge in [-0.25, -0.2) is 0 Å². The summed E-state index contributed by atoms with van der Waals surface area (Å²) in [5.41, 5.74) is 13.3. The molecule has 0 aliphatic heterocycles. The molecule has 0 spiro atoms. The van der Waals surface area contributed by atoms with Gasteiger partial charge in [-0.15, -0.1) is 0 Å². The standard InChI is InChI=1S/C17H34N2/c1-5-12(3)16(11-19)8-14-7-15(10-18)17(16,9-14)13(4)6-2/h12-15H,5-11,18-19H2,1-4H3. The van der Waals surface area contributed by atoms with E-state index in [9.17, 15) is 0 Å². The maximum Gasteiger partial charge on any atom is -0.00123 e. The van der Waals surface area contributed by atoms with Gasteiger partial charge in [-0.3, -0.25) is 0 Å². The summed E-state index contributed by atoms with van der Waals surface area (Å²) in [6.07, 6.45) is 6.63. The number of fused-ring (bicyclic) bond motifs is 2. The summed E-state index contributed by atoms with van der Waals surface area (Å²) < 4.78 is 0. The van der Waals surface area contributed by atoms with E-state index in [0.717, 1.165) is 30.8 Å². The molecule has 2 aliphatic rings. The predicted octanol–water partition coefficient (Wildman–Crippen LogP) is 3.40. The molecule has 0 aromatic rings. The number of hydrogen-bond acceptors (Lipinski definition) is 2. The normalized spacial score (nSPS) is 44.5. The molecule has 2 saturated carbocycles. The van der Waals surface area contributed by atoms with Crippen molar-refractivity contribution in [2.45, 2.75) is 59.8 Å². The van der Waals surface area contributed by atoms with E-state index in [0.29, 0.717) is 16.7 Å². The van der Waals surface area contributed by atoms with Crippen LogP contribution in [0.15, 0.2) is 0 Å². The minimum atomic E-state index is 0.351. The third kappa shape index (κ3) is 1.82. The molecule has 0 saturated heterocycles. The van der Waals surface area contributed by atoms with Gasteiger partial charge in [0.15, 0.2) is 0 Å². The van der Waals surface area contributed by atoms with E-state index >= 15 is 0 Å². The fraction of sp³-hybridized carbons (Fsp3) is 1.00. The quantitative estimate of drug-likeness (QED) is 0.774. The van der Waals surface area contributed by atoms with Gasteiger partial charge in [-0.05, 0) is 66.9 Å². The molecule has 0 heterocycles. The number of rotatable bonds is 6. The van der Waals surface area contributed by atoms with Crippen LogP contribution in [0.1, 0.15) is 59.8 Å². The molecule has 6 atom stereocenters. The monoisotopic (exact) mass is 266 g/mol. The first-order chi connectivity index (χ1) is 9.02. The van der Waals surface area contributed by atoms with Crippen molar-refractivity contribution in [2.24, 2.45) is 46.0 Å². The van der Waals surface area contributed by atoms with E-state index in [2.05, 4.69) is 27.7 Å². The maximum atomic E-state index is 6.39. The molecule has 2 nitrogen and oxygen atoms in total. The van der Waals surface area contributed by atoms with Gasteiger partial charge in [-0.2, -0.15) is 0 Å². The lowest BCUT2D eigenvalue weighted by Crippen LogP contribution is -2.56. The van der Waals surface area contributed by atoms with E-state index < -0.39 is 0 Å². The number of nitrogens with two attached hydrogens (primary N) is 2. The largest absolute Gasteiger partial charge is 0.330 e. The zero-order valence-corrected chi connectivity index (χ0v) is 13.4. The molecule has 4 N–H and O–H groups in total. The Labute approximate surface area is 119 Å². The van der Waals surface area contributed by atoms with Gasteiger partial charge in [0.25, 0.3) is 0 Å². The van der Waals surface area contributed by atoms with Crippen molar-refractivity contribution >= 4 is 0 Å². The summed E-state index contributed by atoms with van der Waals surface area (Å²) >= 11 is 0. The van der Waals surface area contributed by atoms with Crippen molar-refractivity contribution in [3.05, 3.63) is 0 Å². The minimum absolute atomic E-state index is 0.351. The van der Waals surface area contributed by atoms with Crippen LogP contribution in [-0.4, -0.2) is 13.1 Å². The molecular weight excluding hydrogens is 232 g/mol. The van der Waals surface area contributed by atoms with Crippen LogP contribution in [0.2, 0.25) is 0 Å². The topological polar surface area (TPSA) is 52.0 Å². The van der Waals surface area contributed by atoms with Crippen molar-refractivity contribution in [3.8, 4) is 0 Å². The Bertz CT molecular complexity index is 316. The Kier molecular flexibility index (Phi) is 4.32. The minimum Gasteiger partial charge on any atom is -0.330 e. The van der Waals surface area contributed by atoms with Gasteiger partial charge in [-0.1, -0.05) is 40.5 Å². The fourth-order valence-electron chi connectivity index (χ4n) is 6.10. The van der Waals surface area contributed by atoms with Crippen LogP contribution in [0.5, 0.6) is 0 Å². The van der Waals surface area contributed by atoms with Crippen molar-refractivity contribution in [1.82, 2.24) is 0 Å². The number of hydrogen-bond donors (Lipinski definition) is 2. The van der Waals surface area contributed by atoms with E-state index in [1.807, 2.05) is 0 Å². The molecule has 2 fully saturated rings. The molecular formula is C17H34N2. The van der Waals surface area contributed by atoms with Gasteiger partial charge in [0.05, 0.1) is 0 Å². The molecule has 19 heavy (non-hydrogen) atoms. The van der Waals surface area contributed by atoms with E-state index in [4.69, 9.17) is 11.5 Å². The summed E-state index contributed by atoms with van der Waals surface area (Å²) in [7, 11) is 0. The fourth-order valence-corrected chi connectivity index (χ4v) is 6.10. The van der Waals surface area contributed by atoms with Crippen LogP contribution in [0.25, 0.3) is 0 Å². The summed E-state index contributed by atoms with van der Waals surface area (Å²) in [5, 5.41) is 0. The molecule has 6 unspecified atom stereocenters. The summed E-state index contributed by atoms with van der Waals surface area (Å²) in [4.78, 5) is 0. The van der Waals surface area contributed by atoms with Crippen molar-refractivity contribution in [3.63, 3.8) is 0 Å². The van der Waals surface area contributed by atoms with E-state index in [-0.39, 0.29) is 0 Å². The summed E-state index contributed by atoms with van der Waals surface area (Å²) in [5.74, 6) is 3.08. The van der Waals surface area contributed by atoms with Gasteiger partial charge in [0, 0.05) is 0 Å². The van der Waals surface area contributed by atoms with Crippen molar-refractivity contribution in [2.75, 3.05) is 13.1 Å². The highest BCUT2D eigenvalue weighted by Gasteiger charge is 2.67. The lowest BCUT2D eigenvalue weighted by Gasteiger charge is -2.57. The highest BCUT2D eigenvalue weighted by atomic mass is 14.8. The van der Waals surface area contributed by atoms with Gasteiger partial charge in [0.2, 0.25) is 0 Å². The highest BCUT2D eigenvalue weighted by molar-refractivity contribution is 5.16. The van der Waals surface area contributed by atoms with Crippen LogP contribution in [0, 0.1) is 34.5 Å². The van der Waals surface area contributed by atoms with Crippen LogP contribution in [0.4, 0.5) is 0 Å². The van der Waals surface area contributed by atoms with Crippen LogP contribution in [0.3, 0.4) is 0 Å². The third-order valence-electron chi connectivity index (χ3n) is 7.25. The molecule has 0 radical (unpaired) electrons. The Hall–Kier alpha value is -0.0800. The second-order valence-corrected chi connectivity index (χ2v) is 7.46. The molecule has 0 aromatic carbocycles. The molecule has 2 heteroatoms. The summed E-state index contributed by atoms with van der Waals surface area (Å²) in [6.45, 7) is 11.3. The average molecular weight is 266 g/mol. The van der Waals surface area contributed by atoms with Crippen LogP contribution >= 0.6 is 0 Å². The van der Waals surface area contributed by atoms with E-state index in [1.54, 1.807) is 0 Å². The second kappa shape index (κ2) is 5.37. The SMILES string of the molecule is CCC(C)C1(CN)CC2CC(CN)C1(C(C)CC)C2.